The summed E-state index contributed by atoms with van der Waals surface area (Å²) < 4.78 is 34.1. The average Bonchev–Trinajstić information content (AvgIpc) is 3.26. The number of aryl methyl sites for hydroxylation is 2. The maximum atomic E-state index is 12.6. The van der Waals surface area contributed by atoms with Crippen LogP contribution in [0.1, 0.15) is 27.4 Å². The number of hydrogen-bond acceptors (Lipinski definition) is 7. The van der Waals surface area contributed by atoms with Gasteiger partial charge in [-0.05, 0) is 32.0 Å². The van der Waals surface area contributed by atoms with E-state index in [4.69, 9.17) is 0 Å². The lowest BCUT2D eigenvalue weighted by Crippen LogP contribution is -2.27. The summed E-state index contributed by atoms with van der Waals surface area (Å²) in [7, 11) is -2.65. The van der Waals surface area contributed by atoms with Crippen LogP contribution < -0.4 is 4.72 Å². The van der Waals surface area contributed by atoms with E-state index in [1.807, 2.05) is 25.3 Å². The van der Waals surface area contributed by atoms with Gasteiger partial charge in [0.05, 0.1) is 29.0 Å². The summed E-state index contributed by atoms with van der Waals surface area (Å²) in [5.74, 6) is -0.699. The molecule has 0 aliphatic carbocycles. The number of aromatic nitrogens is 3. The molecule has 8 nitrogen and oxygen atoms in total. The second-order valence-electron chi connectivity index (χ2n) is 6.10. The van der Waals surface area contributed by atoms with Crippen LogP contribution in [0.15, 0.2) is 40.6 Å². The predicted octanol–water partition coefficient (Wildman–Crippen LogP) is 2.25. The molecule has 2 aromatic heterocycles. The first-order valence-electron chi connectivity index (χ1n) is 8.47. The fourth-order valence-corrected chi connectivity index (χ4v) is 4.79. The zero-order valence-corrected chi connectivity index (χ0v) is 17.3. The van der Waals surface area contributed by atoms with Crippen LogP contribution in [-0.4, -0.2) is 42.8 Å². The third kappa shape index (κ3) is 4.29. The van der Waals surface area contributed by atoms with Crippen LogP contribution in [0.3, 0.4) is 0 Å². The number of carbonyl (C=O) groups is 1. The minimum absolute atomic E-state index is 0.00188. The Morgan fingerprint density at radius 2 is 2.04 bits per heavy atom. The van der Waals surface area contributed by atoms with Crippen molar-refractivity contribution in [1.82, 2.24) is 19.5 Å². The number of methoxy groups -OCH3 is 1. The summed E-state index contributed by atoms with van der Waals surface area (Å²) in [6, 6.07) is 7.90. The van der Waals surface area contributed by atoms with Crippen molar-refractivity contribution in [2.45, 2.75) is 25.2 Å². The lowest BCUT2D eigenvalue weighted by molar-refractivity contribution is 0.0596. The molecule has 0 spiro atoms. The molecule has 0 amide bonds. The number of nitrogens with zero attached hydrogens (tertiary/aromatic N) is 3. The Balaban J connectivity index is 1.69. The van der Waals surface area contributed by atoms with E-state index < -0.39 is 16.0 Å². The number of esters is 1. The van der Waals surface area contributed by atoms with Gasteiger partial charge in [0.15, 0.2) is 0 Å². The number of rotatable bonds is 7. The van der Waals surface area contributed by atoms with Gasteiger partial charge in [-0.3, -0.25) is 0 Å². The van der Waals surface area contributed by atoms with E-state index in [0.29, 0.717) is 6.42 Å². The highest BCUT2D eigenvalue weighted by Crippen LogP contribution is 2.18. The Morgan fingerprint density at radius 3 is 2.71 bits per heavy atom. The SMILES string of the molecule is COC(=O)c1ccccc1S(=O)(=O)NCCc1csc(-n2nc(C)cc2C)n1. The molecule has 3 aromatic rings. The number of nitrogens with one attached hydrogen (secondary N) is 1. The van der Waals surface area contributed by atoms with E-state index in [1.165, 1.54) is 30.6 Å². The van der Waals surface area contributed by atoms with E-state index >= 15 is 0 Å². The van der Waals surface area contributed by atoms with Gasteiger partial charge in [-0.1, -0.05) is 12.1 Å². The standard InChI is InChI=1S/C18H20N4O4S2/c1-12-10-13(2)22(21-12)18-20-14(11-27-18)8-9-19-28(24,25)16-7-5-4-6-15(16)17(23)26-3/h4-7,10-11,19H,8-9H2,1-3H3. The van der Waals surface area contributed by atoms with Crippen LogP contribution in [0.25, 0.3) is 5.13 Å². The number of hydrogen-bond donors (Lipinski definition) is 1. The van der Waals surface area contributed by atoms with Crippen molar-refractivity contribution in [2.75, 3.05) is 13.7 Å². The van der Waals surface area contributed by atoms with Crippen molar-refractivity contribution in [2.24, 2.45) is 0 Å². The predicted molar refractivity (Wildman–Crippen MR) is 105 cm³/mol. The van der Waals surface area contributed by atoms with Gasteiger partial charge in [-0.15, -0.1) is 11.3 Å². The zero-order chi connectivity index (χ0) is 20.3. The van der Waals surface area contributed by atoms with Gasteiger partial charge >= 0.3 is 5.97 Å². The quantitative estimate of drug-likeness (QED) is 0.588. The first kappa shape index (κ1) is 20.2. The fraction of sp³-hybridized carbons (Fsp3) is 0.278. The first-order valence-corrected chi connectivity index (χ1v) is 10.8. The molecule has 1 N–H and O–H groups in total. The van der Waals surface area contributed by atoms with Crippen molar-refractivity contribution < 1.29 is 17.9 Å². The van der Waals surface area contributed by atoms with Crippen molar-refractivity contribution in [3.8, 4) is 5.13 Å². The third-order valence-corrected chi connectivity index (χ3v) is 6.37. The highest BCUT2D eigenvalue weighted by atomic mass is 32.2. The van der Waals surface area contributed by atoms with Gasteiger partial charge in [0.2, 0.25) is 15.2 Å². The van der Waals surface area contributed by atoms with Crippen LogP contribution in [-0.2, 0) is 21.2 Å². The summed E-state index contributed by atoms with van der Waals surface area (Å²) in [6.07, 6.45) is 0.412. The Hall–Kier alpha value is -2.56. The van der Waals surface area contributed by atoms with E-state index in [-0.39, 0.29) is 17.0 Å². The molecule has 0 atom stereocenters. The first-order chi connectivity index (χ1) is 13.3. The number of ether oxygens (including phenoxy) is 1. The molecule has 28 heavy (non-hydrogen) atoms. The van der Waals surface area contributed by atoms with Gasteiger partial charge in [0, 0.05) is 24.0 Å². The molecule has 10 heteroatoms. The maximum Gasteiger partial charge on any atom is 0.339 e. The molecule has 3 rings (SSSR count). The number of thiazole rings is 1. The molecule has 0 bridgehead atoms. The van der Waals surface area contributed by atoms with Gasteiger partial charge in [-0.2, -0.15) is 5.10 Å². The van der Waals surface area contributed by atoms with Gasteiger partial charge in [0.25, 0.3) is 0 Å². The zero-order valence-electron chi connectivity index (χ0n) is 15.7. The fourth-order valence-electron chi connectivity index (χ4n) is 2.70. The van der Waals surface area contributed by atoms with Crippen molar-refractivity contribution in [3.05, 3.63) is 58.4 Å². The summed E-state index contributed by atoms with van der Waals surface area (Å²) >= 11 is 1.44. The molecule has 0 aliphatic heterocycles. The smallest absolute Gasteiger partial charge is 0.339 e. The monoisotopic (exact) mass is 420 g/mol. The highest BCUT2D eigenvalue weighted by molar-refractivity contribution is 7.89. The Kier molecular flexibility index (Phi) is 5.92. The topological polar surface area (TPSA) is 103 Å². The van der Waals surface area contributed by atoms with Gasteiger partial charge in [-0.25, -0.2) is 27.6 Å². The molecule has 1 aromatic carbocycles. The third-order valence-electron chi connectivity index (χ3n) is 3.99. The summed E-state index contributed by atoms with van der Waals surface area (Å²) in [6.45, 7) is 4.02. The highest BCUT2D eigenvalue weighted by Gasteiger charge is 2.22. The second kappa shape index (κ2) is 8.21. The summed E-state index contributed by atoms with van der Waals surface area (Å²) in [4.78, 5) is 16.2. The molecule has 0 saturated carbocycles. The Labute approximate surface area is 167 Å². The molecule has 0 saturated heterocycles. The summed E-state index contributed by atoms with van der Waals surface area (Å²) in [5, 5.41) is 7.01. The lowest BCUT2D eigenvalue weighted by Gasteiger charge is -2.09. The minimum Gasteiger partial charge on any atom is -0.465 e. The van der Waals surface area contributed by atoms with Crippen LogP contribution >= 0.6 is 11.3 Å². The van der Waals surface area contributed by atoms with E-state index in [9.17, 15) is 13.2 Å². The number of sulfonamides is 1. The molecule has 0 fully saturated rings. The van der Waals surface area contributed by atoms with Crippen molar-refractivity contribution >= 4 is 27.3 Å². The molecule has 0 unspecified atom stereocenters. The summed E-state index contributed by atoms with van der Waals surface area (Å²) in [5.41, 5.74) is 2.65. The Bertz CT molecular complexity index is 1100. The van der Waals surface area contributed by atoms with Crippen LogP contribution in [0.5, 0.6) is 0 Å². The van der Waals surface area contributed by atoms with Crippen molar-refractivity contribution in [3.63, 3.8) is 0 Å². The number of carbonyl (C=O) groups excluding carboxylic acids is 1. The molecule has 0 radical (unpaired) electrons. The molecular weight excluding hydrogens is 400 g/mol. The average molecular weight is 421 g/mol. The Morgan fingerprint density at radius 1 is 1.29 bits per heavy atom. The molecule has 2 heterocycles. The van der Waals surface area contributed by atoms with Crippen LogP contribution in [0.4, 0.5) is 0 Å². The van der Waals surface area contributed by atoms with E-state index in [2.05, 4.69) is 19.5 Å². The largest absolute Gasteiger partial charge is 0.465 e. The van der Waals surface area contributed by atoms with Crippen LogP contribution in [0.2, 0.25) is 0 Å². The van der Waals surface area contributed by atoms with E-state index in [0.717, 1.165) is 22.2 Å². The normalized spacial score (nSPS) is 11.5. The van der Waals surface area contributed by atoms with Gasteiger partial charge < -0.3 is 4.74 Å². The van der Waals surface area contributed by atoms with Crippen molar-refractivity contribution in [1.29, 1.82) is 0 Å². The molecule has 0 aliphatic rings. The molecule has 148 valence electrons. The van der Waals surface area contributed by atoms with Crippen LogP contribution in [0, 0.1) is 13.8 Å². The second-order valence-corrected chi connectivity index (χ2v) is 8.67. The lowest BCUT2D eigenvalue weighted by atomic mass is 10.2. The molecular formula is C18H20N4O4S2. The van der Waals surface area contributed by atoms with Gasteiger partial charge in [0.1, 0.15) is 0 Å². The maximum absolute atomic E-state index is 12.6. The minimum atomic E-state index is -3.86. The van der Waals surface area contributed by atoms with E-state index in [1.54, 1.807) is 16.8 Å². The number of benzene rings is 1.